The Morgan fingerprint density at radius 2 is 0.952 bits per heavy atom. The zero-order valence-electron chi connectivity index (χ0n) is 28.3. The van der Waals surface area contributed by atoms with Crippen molar-refractivity contribution < 1.29 is 4.57 Å². The highest BCUT2D eigenvalue weighted by molar-refractivity contribution is 5.15. The Morgan fingerprint density at radius 1 is 0.524 bits per heavy atom. The minimum atomic E-state index is 0.604. The smallest absolute Gasteiger partial charge is 0.241 e. The zero-order chi connectivity index (χ0) is 29.8. The molecule has 0 saturated heterocycles. The van der Waals surface area contributed by atoms with Crippen molar-refractivity contribution in [2.75, 3.05) is 0 Å². The molecule has 1 N–H and O–H groups in total. The summed E-state index contributed by atoms with van der Waals surface area (Å²) in [5.41, 5.74) is 1.51. The molecule has 0 fully saturated rings. The van der Waals surface area contributed by atoms with Crippen LogP contribution in [0, 0.1) is 5.92 Å². The molecule has 2 unspecified atom stereocenters. The van der Waals surface area contributed by atoms with Crippen LogP contribution in [0.15, 0.2) is 49.1 Å². The molecule has 0 aliphatic heterocycles. The molecule has 1 aromatic heterocycles. The van der Waals surface area contributed by atoms with E-state index in [2.05, 4.69) is 72.5 Å². The van der Waals surface area contributed by atoms with Crippen molar-refractivity contribution in [3.05, 3.63) is 54.6 Å². The van der Waals surface area contributed by atoms with Gasteiger partial charge in [0.2, 0.25) is 6.33 Å². The molecule has 240 valence electrons. The van der Waals surface area contributed by atoms with Gasteiger partial charge in [-0.15, -0.1) is 0 Å². The maximum Gasteiger partial charge on any atom is 0.241 e. The van der Waals surface area contributed by atoms with Crippen LogP contribution in [-0.4, -0.2) is 4.98 Å². The molecule has 2 nitrogen and oxygen atoms in total. The number of imidazole rings is 1. The lowest BCUT2D eigenvalue weighted by Crippen LogP contribution is -2.42. The second kappa shape index (κ2) is 27.0. The summed E-state index contributed by atoms with van der Waals surface area (Å²) in [6.45, 7) is 4.62. The van der Waals surface area contributed by atoms with Gasteiger partial charge in [0.15, 0.2) is 0 Å². The van der Waals surface area contributed by atoms with E-state index >= 15 is 0 Å². The summed E-state index contributed by atoms with van der Waals surface area (Å²) < 4.78 is 2.51. The van der Waals surface area contributed by atoms with E-state index < -0.39 is 0 Å². The van der Waals surface area contributed by atoms with Crippen LogP contribution < -0.4 is 4.57 Å². The van der Waals surface area contributed by atoms with Gasteiger partial charge in [-0.1, -0.05) is 192 Å². The lowest BCUT2D eigenvalue weighted by molar-refractivity contribution is -0.730. The largest absolute Gasteiger partial charge is 0.250 e. The molecule has 0 aliphatic carbocycles. The van der Waals surface area contributed by atoms with Crippen molar-refractivity contribution in [3.63, 3.8) is 0 Å². The number of aromatic nitrogens is 2. The standard InChI is InChI=1S/C40H70N2/c1-3-5-7-9-11-13-15-16-18-19-21-23-28-32-39(36-38-30-26-25-27-31-38)40(42-35-34-41-37-42)33-29-24-22-20-17-14-12-10-8-6-4-2/h25-27,30-31,34-35,37,39-40H,3-24,28-29,32-33,36H2,1-2H3/p+1. The molecule has 0 amide bonds. The van der Waals surface area contributed by atoms with Crippen LogP contribution in [0.25, 0.3) is 0 Å². The SMILES string of the molecule is CCCCCCCCCCCCCCCC(Cc1ccccc1)C(CCCCCCCCCCCCC)[n+]1cc[nH]c1. The number of hydrogen-bond acceptors (Lipinski definition) is 0. The predicted molar refractivity (Wildman–Crippen MR) is 185 cm³/mol. The van der Waals surface area contributed by atoms with Gasteiger partial charge in [0.05, 0.1) is 0 Å². The van der Waals surface area contributed by atoms with Gasteiger partial charge in [0.25, 0.3) is 0 Å². The second-order valence-electron chi connectivity index (χ2n) is 13.4. The van der Waals surface area contributed by atoms with Crippen LogP contribution in [-0.2, 0) is 6.42 Å². The third-order valence-corrected chi connectivity index (χ3v) is 9.62. The summed E-state index contributed by atoms with van der Waals surface area (Å²) in [4.78, 5) is 3.35. The van der Waals surface area contributed by atoms with E-state index in [9.17, 15) is 0 Å². The van der Waals surface area contributed by atoms with E-state index in [0.29, 0.717) is 12.0 Å². The van der Waals surface area contributed by atoms with Crippen molar-refractivity contribution in [2.45, 2.75) is 193 Å². The first-order chi connectivity index (χ1) is 20.8. The number of H-pyrrole nitrogens is 1. The Labute approximate surface area is 262 Å². The van der Waals surface area contributed by atoms with Gasteiger partial charge in [-0.25, -0.2) is 4.57 Å². The number of nitrogens with zero attached hydrogens (tertiary/aromatic N) is 1. The van der Waals surface area contributed by atoms with Crippen LogP contribution in [0.4, 0.5) is 0 Å². The summed E-state index contributed by atoms with van der Waals surface area (Å²) in [6, 6.07) is 11.9. The van der Waals surface area contributed by atoms with E-state index in [1.165, 1.54) is 179 Å². The number of hydrogen-bond donors (Lipinski definition) is 1. The molecule has 42 heavy (non-hydrogen) atoms. The highest BCUT2D eigenvalue weighted by Gasteiger charge is 2.26. The van der Waals surface area contributed by atoms with Crippen molar-refractivity contribution in [3.8, 4) is 0 Å². The number of unbranched alkanes of at least 4 members (excludes halogenated alkanes) is 22. The fourth-order valence-corrected chi connectivity index (χ4v) is 6.93. The third-order valence-electron chi connectivity index (χ3n) is 9.62. The average molecular weight is 580 g/mol. The number of nitrogens with one attached hydrogen (secondary N) is 1. The molecule has 2 atom stereocenters. The molecule has 2 heteroatoms. The molecule has 1 heterocycles. The molecule has 2 aromatic rings. The Kier molecular flexibility index (Phi) is 23.6. The van der Waals surface area contributed by atoms with Crippen molar-refractivity contribution in [2.24, 2.45) is 5.92 Å². The fraction of sp³-hybridized carbons (Fsp3) is 0.775. The fourth-order valence-electron chi connectivity index (χ4n) is 6.93. The zero-order valence-corrected chi connectivity index (χ0v) is 28.3. The molecule has 0 saturated carbocycles. The van der Waals surface area contributed by atoms with Crippen molar-refractivity contribution >= 4 is 0 Å². The molecule has 1 aromatic carbocycles. The minimum absolute atomic E-state index is 0.604. The molecular formula is C40H71N2+. The Bertz CT molecular complexity index is 783. The van der Waals surface area contributed by atoms with E-state index in [0.717, 1.165) is 0 Å². The van der Waals surface area contributed by atoms with Gasteiger partial charge in [0.1, 0.15) is 18.4 Å². The highest BCUT2D eigenvalue weighted by atomic mass is 15.1. The van der Waals surface area contributed by atoms with Gasteiger partial charge < -0.3 is 0 Å². The third kappa shape index (κ3) is 18.9. The normalized spacial score (nSPS) is 13.0. The van der Waals surface area contributed by atoms with Crippen LogP contribution in [0.2, 0.25) is 0 Å². The summed E-state index contributed by atoms with van der Waals surface area (Å²) in [6.07, 6.45) is 44.7. The number of aromatic amines is 1. The first-order valence-electron chi connectivity index (χ1n) is 18.9. The van der Waals surface area contributed by atoms with Crippen LogP contribution in [0.5, 0.6) is 0 Å². The molecule has 0 radical (unpaired) electrons. The van der Waals surface area contributed by atoms with E-state index in [1.54, 1.807) is 0 Å². The van der Waals surface area contributed by atoms with Crippen LogP contribution in [0.3, 0.4) is 0 Å². The van der Waals surface area contributed by atoms with Gasteiger partial charge in [-0.05, 0) is 31.2 Å². The van der Waals surface area contributed by atoms with Crippen molar-refractivity contribution in [1.29, 1.82) is 0 Å². The second-order valence-corrected chi connectivity index (χ2v) is 13.4. The maximum absolute atomic E-state index is 3.35. The van der Waals surface area contributed by atoms with Gasteiger partial charge in [-0.2, -0.15) is 0 Å². The van der Waals surface area contributed by atoms with Gasteiger partial charge in [-0.3, -0.25) is 4.98 Å². The van der Waals surface area contributed by atoms with E-state index in [-0.39, 0.29) is 0 Å². The Balaban J connectivity index is 1.71. The average Bonchev–Trinajstić information content (AvgIpc) is 3.55. The predicted octanol–water partition coefficient (Wildman–Crippen LogP) is 12.9. The Hall–Kier alpha value is -1.57. The summed E-state index contributed by atoms with van der Waals surface area (Å²) >= 11 is 0. The van der Waals surface area contributed by atoms with Crippen molar-refractivity contribution in [1.82, 2.24) is 4.98 Å². The molecule has 2 rings (SSSR count). The summed E-state index contributed by atoms with van der Waals surface area (Å²) in [7, 11) is 0. The van der Waals surface area contributed by atoms with Gasteiger partial charge in [0, 0.05) is 5.92 Å². The monoisotopic (exact) mass is 580 g/mol. The van der Waals surface area contributed by atoms with E-state index in [1.807, 2.05) is 0 Å². The number of benzene rings is 1. The first-order valence-corrected chi connectivity index (χ1v) is 18.9. The summed E-state index contributed by atoms with van der Waals surface area (Å²) in [5, 5.41) is 0. The molecule has 0 spiro atoms. The molecule has 0 aliphatic rings. The minimum Gasteiger partial charge on any atom is -0.250 e. The maximum atomic E-state index is 3.35. The first kappa shape index (κ1) is 36.6. The molecule has 0 bridgehead atoms. The Morgan fingerprint density at radius 3 is 1.38 bits per heavy atom. The topological polar surface area (TPSA) is 19.7 Å². The lowest BCUT2D eigenvalue weighted by Gasteiger charge is -2.25. The lowest BCUT2D eigenvalue weighted by atomic mass is 9.84. The number of rotatable bonds is 30. The molecular weight excluding hydrogens is 508 g/mol. The van der Waals surface area contributed by atoms with Crippen LogP contribution >= 0.6 is 0 Å². The van der Waals surface area contributed by atoms with E-state index in [4.69, 9.17) is 0 Å². The van der Waals surface area contributed by atoms with Gasteiger partial charge >= 0.3 is 0 Å². The summed E-state index contributed by atoms with van der Waals surface area (Å²) in [5.74, 6) is 0.712. The highest BCUT2D eigenvalue weighted by Crippen LogP contribution is 2.29. The quantitative estimate of drug-likeness (QED) is 0.0701. The van der Waals surface area contributed by atoms with Crippen LogP contribution in [0.1, 0.15) is 192 Å².